The van der Waals surface area contributed by atoms with Crippen LogP contribution in [0.5, 0.6) is 0 Å². The quantitative estimate of drug-likeness (QED) is 0.833. The standard InChI is InChI=1S/C14H15BFNO2S/c16-13-2-1-10(7-12(13)15(18)19)8-17-5-3-14-11(9-17)4-6-20-14/h1-2,4,6-7,18-19H,3,5,8-9H2. The Balaban J connectivity index is 1.74. The number of halogens is 1. The predicted molar refractivity (Wildman–Crippen MR) is 78.4 cm³/mol. The summed E-state index contributed by atoms with van der Waals surface area (Å²) < 4.78 is 13.4. The van der Waals surface area contributed by atoms with Gasteiger partial charge in [-0.2, -0.15) is 0 Å². The summed E-state index contributed by atoms with van der Waals surface area (Å²) in [4.78, 5) is 3.74. The second-order valence-electron chi connectivity index (χ2n) is 5.06. The van der Waals surface area contributed by atoms with E-state index in [1.54, 1.807) is 17.4 Å². The molecule has 3 rings (SSSR count). The molecule has 2 heterocycles. The van der Waals surface area contributed by atoms with E-state index >= 15 is 0 Å². The van der Waals surface area contributed by atoms with Crippen LogP contribution in [0, 0.1) is 5.82 Å². The lowest BCUT2D eigenvalue weighted by Gasteiger charge is -2.27. The molecule has 2 aromatic rings. The summed E-state index contributed by atoms with van der Waals surface area (Å²) in [5, 5.41) is 20.4. The number of fused-ring (bicyclic) bond motifs is 1. The minimum absolute atomic E-state index is 0.0595. The van der Waals surface area contributed by atoms with Crippen LogP contribution in [0.25, 0.3) is 0 Å². The third kappa shape index (κ3) is 2.78. The van der Waals surface area contributed by atoms with Crippen LogP contribution in [0.15, 0.2) is 29.6 Å². The zero-order valence-electron chi connectivity index (χ0n) is 10.9. The first-order valence-electron chi connectivity index (χ1n) is 6.55. The van der Waals surface area contributed by atoms with Crippen molar-refractivity contribution in [2.24, 2.45) is 0 Å². The zero-order chi connectivity index (χ0) is 14.1. The molecule has 1 aliphatic heterocycles. The van der Waals surface area contributed by atoms with Crippen LogP contribution in [0.2, 0.25) is 0 Å². The van der Waals surface area contributed by atoms with E-state index in [2.05, 4.69) is 16.3 Å². The molecule has 0 saturated heterocycles. The Morgan fingerprint density at radius 2 is 2.15 bits per heavy atom. The van der Waals surface area contributed by atoms with Gasteiger partial charge in [0.1, 0.15) is 5.82 Å². The molecule has 0 aliphatic carbocycles. The molecular weight excluding hydrogens is 276 g/mol. The Kier molecular flexibility index (Phi) is 3.89. The smallest absolute Gasteiger partial charge is 0.423 e. The van der Waals surface area contributed by atoms with Gasteiger partial charge in [-0.3, -0.25) is 4.90 Å². The summed E-state index contributed by atoms with van der Waals surface area (Å²) in [6.45, 7) is 2.56. The highest BCUT2D eigenvalue weighted by Gasteiger charge is 2.20. The van der Waals surface area contributed by atoms with Gasteiger partial charge in [0.25, 0.3) is 0 Å². The van der Waals surface area contributed by atoms with E-state index in [9.17, 15) is 4.39 Å². The third-order valence-corrected chi connectivity index (χ3v) is 4.65. The largest absolute Gasteiger partial charge is 0.491 e. The highest BCUT2D eigenvalue weighted by atomic mass is 32.1. The number of thiophene rings is 1. The number of hydrogen-bond acceptors (Lipinski definition) is 4. The van der Waals surface area contributed by atoms with Gasteiger partial charge in [-0.25, -0.2) is 4.39 Å². The van der Waals surface area contributed by atoms with Gasteiger partial charge in [0, 0.05) is 30.0 Å². The third-order valence-electron chi connectivity index (χ3n) is 3.63. The molecule has 0 bridgehead atoms. The Morgan fingerprint density at radius 3 is 2.95 bits per heavy atom. The number of benzene rings is 1. The van der Waals surface area contributed by atoms with Crippen molar-refractivity contribution in [2.75, 3.05) is 6.54 Å². The maximum Gasteiger partial charge on any atom is 0.491 e. The normalized spacial score (nSPS) is 15.2. The lowest BCUT2D eigenvalue weighted by Crippen LogP contribution is -2.34. The summed E-state index contributed by atoms with van der Waals surface area (Å²) in [5.41, 5.74) is 2.20. The fourth-order valence-electron chi connectivity index (χ4n) is 2.59. The monoisotopic (exact) mass is 291 g/mol. The van der Waals surface area contributed by atoms with Gasteiger partial charge < -0.3 is 10.0 Å². The van der Waals surface area contributed by atoms with Crippen molar-refractivity contribution in [3.8, 4) is 0 Å². The van der Waals surface area contributed by atoms with E-state index in [4.69, 9.17) is 10.0 Å². The van der Waals surface area contributed by atoms with Crippen molar-refractivity contribution in [3.63, 3.8) is 0 Å². The molecule has 0 amide bonds. The maximum absolute atomic E-state index is 13.4. The Morgan fingerprint density at radius 1 is 1.30 bits per heavy atom. The average molecular weight is 291 g/mol. The summed E-state index contributed by atoms with van der Waals surface area (Å²) in [6, 6.07) is 6.68. The molecule has 1 aromatic heterocycles. The van der Waals surface area contributed by atoms with Crippen molar-refractivity contribution in [1.82, 2.24) is 4.90 Å². The van der Waals surface area contributed by atoms with Crippen molar-refractivity contribution in [1.29, 1.82) is 0 Å². The van der Waals surface area contributed by atoms with Crippen molar-refractivity contribution in [2.45, 2.75) is 19.5 Å². The lowest BCUT2D eigenvalue weighted by atomic mass is 9.79. The van der Waals surface area contributed by atoms with Crippen LogP contribution < -0.4 is 5.46 Å². The van der Waals surface area contributed by atoms with E-state index in [1.165, 1.54) is 22.6 Å². The van der Waals surface area contributed by atoms with Crippen LogP contribution in [0.3, 0.4) is 0 Å². The van der Waals surface area contributed by atoms with Crippen LogP contribution in [0.1, 0.15) is 16.0 Å². The van der Waals surface area contributed by atoms with Crippen LogP contribution >= 0.6 is 11.3 Å². The molecule has 0 fully saturated rings. The molecular formula is C14H15BFNO2S. The SMILES string of the molecule is OB(O)c1cc(CN2CCc3sccc3C2)ccc1F. The minimum Gasteiger partial charge on any atom is -0.423 e. The van der Waals surface area contributed by atoms with E-state index < -0.39 is 12.9 Å². The molecule has 1 aromatic carbocycles. The summed E-state index contributed by atoms with van der Waals surface area (Å²) in [5.74, 6) is -0.581. The molecule has 20 heavy (non-hydrogen) atoms. The highest BCUT2D eigenvalue weighted by molar-refractivity contribution is 7.10. The second kappa shape index (κ2) is 5.65. The highest BCUT2D eigenvalue weighted by Crippen LogP contribution is 2.24. The Labute approximate surface area is 121 Å². The number of hydrogen-bond donors (Lipinski definition) is 2. The van der Waals surface area contributed by atoms with Crippen LogP contribution in [-0.4, -0.2) is 28.6 Å². The summed E-state index contributed by atoms with van der Waals surface area (Å²) in [6.07, 6.45) is 1.05. The molecule has 104 valence electrons. The molecule has 0 atom stereocenters. The first-order chi connectivity index (χ1) is 9.63. The van der Waals surface area contributed by atoms with Gasteiger partial charge in [-0.05, 0) is 35.1 Å². The fourth-order valence-corrected chi connectivity index (χ4v) is 3.48. The molecule has 1 aliphatic rings. The van der Waals surface area contributed by atoms with E-state index in [0.29, 0.717) is 6.54 Å². The molecule has 3 nitrogen and oxygen atoms in total. The molecule has 0 unspecified atom stereocenters. The van der Waals surface area contributed by atoms with E-state index in [0.717, 1.165) is 25.1 Å². The van der Waals surface area contributed by atoms with Crippen LogP contribution in [0.4, 0.5) is 4.39 Å². The first-order valence-corrected chi connectivity index (χ1v) is 7.43. The predicted octanol–water partition coefficient (Wildman–Crippen LogP) is 1.13. The van der Waals surface area contributed by atoms with E-state index in [-0.39, 0.29) is 5.46 Å². The van der Waals surface area contributed by atoms with Crippen LogP contribution in [-0.2, 0) is 19.5 Å². The average Bonchev–Trinajstić information content (AvgIpc) is 2.88. The second-order valence-corrected chi connectivity index (χ2v) is 6.06. The maximum atomic E-state index is 13.4. The number of rotatable bonds is 3. The number of nitrogens with zero attached hydrogens (tertiary/aromatic N) is 1. The Bertz CT molecular complexity index is 617. The minimum atomic E-state index is -1.76. The summed E-state index contributed by atoms with van der Waals surface area (Å²) in [7, 11) is -1.76. The fraction of sp³-hybridized carbons (Fsp3) is 0.286. The Hall–Kier alpha value is -1.21. The van der Waals surface area contributed by atoms with Gasteiger partial charge in [-0.15, -0.1) is 11.3 Å². The molecule has 0 radical (unpaired) electrons. The molecule has 0 spiro atoms. The molecule has 2 N–H and O–H groups in total. The van der Waals surface area contributed by atoms with Gasteiger partial charge >= 0.3 is 7.12 Å². The van der Waals surface area contributed by atoms with Crippen molar-refractivity contribution < 1.29 is 14.4 Å². The van der Waals surface area contributed by atoms with Gasteiger partial charge in [-0.1, -0.05) is 12.1 Å². The lowest BCUT2D eigenvalue weighted by molar-refractivity contribution is 0.247. The topological polar surface area (TPSA) is 43.7 Å². The van der Waals surface area contributed by atoms with Crippen molar-refractivity contribution in [3.05, 3.63) is 51.5 Å². The summed E-state index contributed by atoms with van der Waals surface area (Å²) >= 11 is 1.80. The first kappa shape index (κ1) is 13.8. The van der Waals surface area contributed by atoms with Crippen molar-refractivity contribution >= 4 is 23.9 Å². The molecule has 6 heteroatoms. The van der Waals surface area contributed by atoms with Gasteiger partial charge in [0.2, 0.25) is 0 Å². The van der Waals surface area contributed by atoms with Gasteiger partial charge in [0.05, 0.1) is 0 Å². The van der Waals surface area contributed by atoms with Gasteiger partial charge in [0.15, 0.2) is 0 Å². The molecule has 0 saturated carbocycles. The van der Waals surface area contributed by atoms with E-state index in [1.807, 2.05) is 0 Å². The zero-order valence-corrected chi connectivity index (χ0v) is 11.7.